The summed E-state index contributed by atoms with van der Waals surface area (Å²) < 4.78 is 55.6. The smallest absolute Gasteiger partial charge is 0.496 e. The molecule has 94 valence electrons. The van der Waals surface area contributed by atoms with Gasteiger partial charge in [0.15, 0.2) is 0 Å². The summed E-state index contributed by atoms with van der Waals surface area (Å²) in [6.45, 7) is -1.60. The van der Waals surface area contributed by atoms with Crippen LogP contribution in [0.5, 0.6) is 5.75 Å². The normalized spacial score (nSPS) is 10.7. The molecule has 1 nitrogen and oxygen atoms in total. The van der Waals surface area contributed by atoms with Crippen molar-refractivity contribution in [1.82, 2.24) is 0 Å². The number of hydrogen-bond acceptors (Lipinski definition) is 1. The Bertz CT molecular complexity index is 395. The second kappa shape index (κ2) is 8.37. The van der Waals surface area contributed by atoms with Crippen LogP contribution in [0.2, 0.25) is 0 Å². The Balaban J connectivity index is 0.00000289. The molecule has 0 atom stereocenters. The van der Waals surface area contributed by atoms with Crippen LogP contribution in [0.25, 0.3) is 0 Å². The zero-order valence-corrected chi connectivity index (χ0v) is 13.3. The van der Waals surface area contributed by atoms with Gasteiger partial charge < -0.3 is 17.7 Å². The molecule has 0 amide bonds. The van der Waals surface area contributed by atoms with Crippen molar-refractivity contribution in [2.45, 2.75) is 12.8 Å². The zero-order valence-electron chi connectivity index (χ0n) is 10.1. The Morgan fingerprint density at radius 1 is 1.28 bits per heavy atom. The molecule has 1 aromatic carbocycles. The summed E-state index contributed by atoms with van der Waals surface area (Å²) in [5.41, 5.74) is -0.898. The first-order valence-electron chi connectivity index (χ1n) is 5.18. The molecule has 0 aliphatic heterocycles. The summed E-state index contributed by atoms with van der Waals surface area (Å²) in [6.07, 6.45) is 2.83. The van der Waals surface area contributed by atoms with E-state index >= 15 is 0 Å². The Labute approximate surface area is 146 Å². The van der Waals surface area contributed by atoms with Gasteiger partial charge in [-0.2, -0.15) is 0 Å². The molecule has 1 aromatic rings. The van der Waals surface area contributed by atoms with E-state index in [4.69, 9.17) is 4.74 Å². The first-order valence-corrected chi connectivity index (χ1v) is 5.18. The summed E-state index contributed by atoms with van der Waals surface area (Å²) in [4.78, 5) is 0. The molecule has 0 saturated carbocycles. The standard InChI is InChI=1S/C11H12BF4O.K/c1-2-3-4-7-17-11-8-9(13)5-6-10(11)12(14,15)16;/h2,5-6,8H,1,3-4,7H2;/q-1;+1. The number of halogens is 4. The second-order valence-electron chi connectivity index (χ2n) is 3.54. The summed E-state index contributed by atoms with van der Waals surface area (Å²) in [5.74, 6) is -1.19. The molecule has 0 fully saturated rings. The van der Waals surface area contributed by atoms with Crippen LogP contribution in [0, 0.1) is 5.82 Å². The maximum absolute atomic E-state index is 12.9. The van der Waals surface area contributed by atoms with Crippen molar-refractivity contribution in [1.29, 1.82) is 0 Å². The van der Waals surface area contributed by atoms with Crippen molar-refractivity contribution < 1.29 is 73.5 Å². The number of unbranched alkanes of at least 4 members (excludes halogenated alkanes) is 1. The van der Waals surface area contributed by atoms with Crippen molar-refractivity contribution in [3.8, 4) is 5.75 Å². The molecule has 0 spiro atoms. The molecule has 0 unspecified atom stereocenters. The van der Waals surface area contributed by atoms with E-state index in [9.17, 15) is 17.3 Å². The molecule has 0 bridgehead atoms. The SMILES string of the molecule is C=CCCCOc1cc(F)ccc1[B-](F)(F)F.[K+]. The molecule has 0 aromatic heterocycles. The number of allylic oxidation sites excluding steroid dienone is 1. The van der Waals surface area contributed by atoms with Crippen LogP contribution in [0.3, 0.4) is 0 Å². The average molecular weight is 286 g/mol. The largest absolute Gasteiger partial charge is 1.00 e. The van der Waals surface area contributed by atoms with E-state index < -0.39 is 24.0 Å². The quantitative estimate of drug-likeness (QED) is 0.315. The zero-order chi connectivity index (χ0) is 12.9. The van der Waals surface area contributed by atoms with Crippen LogP contribution in [-0.2, 0) is 0 Å². The minimum absolute atomic E-state index is 0. The molecule has 0 radical (unpaired) electrons. The van der Waals surface area contributed by atoms with Crippen LogP contribution < -0.4 is 61.6 Å². The van der Waals surface area contributed by atoms with Gasteiger partial charge in [-0.05, 0) is 18.9 Å². The van der Waals surface area contributed by atoms with Crippen LogP contribution in [0.1, 0.15) is 12.8 Å². The monoisotopic (exact) mass is 286 g/mol. The third-order valence-electron chi connectivity index (χ3n) is 2.14. The van der Waals surface area contributed by atoms with E-state index in [1.807, 2.05) is 0 Å². The fourth-order valence-corrected chi connectivity index (χ4v) is 1.31. The number of ether oxygens (including phenoxy) is 1. The molecule has 1 rings (SSSR count). The molecule has 0 heterocycles. The molecule has 0 N–H and O–H groups in total. The summed E-state index contributed by atoms with van der Waals surface area (Å²) in [7, 11) is 0. The van der Waals surface area contributed by atoms with Gasteiger partial charge in [-0.25, -0.2) is 4.39 Å². The number of hydrogen-bond donors (Lipinski definition) is 0. The van der Waals surface area contributed by atoms with E-state index in [1.165, 1.54) is 0 Å². The predicted octanol–water partition coefficient (Wildman–Crippen LogP) is 0.229. The summed E-state index contributed by atoms with van der Waals surface area (Å²) in [5, 5.41) is 0. The van der Waals surface area contributed by atoms with E-state index in [0.717, 1.165) is 12.1 Å². The van der Waals surface area contributed by atoms with Gasteiger partial charge in [0.2, 0.25) is 0 Å². The summed E-state index contributed by atoms with van der Waals surface area (Å²) >= 11 is 0. The van der Waals surface area contributed by atoms with Gasteiger partial charge in [-0.1, -0.05) is 17.6 Å². The first-order chi connectivity index (χ1) is 7.95. The molecule has 7 heteroatoms. The molecule has 0 aliphatic carbocycles. The van der Waals surface area contributed by atoms with E-state index in [1.54, 1.807) is 6.08 Å². The Morgan fingerprint density at radius 3 is 2.50 bits per heavy atom. The molecule has 0 saturated heterocycles. The molecular formula is C11H12BF4KO. The van der Waals surface area contributed by atoms with Gasteiger partial charge in [0, 0.05) is 6.07 Å². The average Bonchev–Trinajstić information content (AvgIpc) is 2.23. The van der Waals surface area contributed by atoms with Gasteiger partial charge in [0.25, 0.3) is 0 Å². The van der Waals surface area contributed by atoms with Crippen molar-refractivity contribution in [3.63, 3.8) is 0 Å². The minimum atomic E-state index is -5.19. The van der Waals surface area contributed by atoms with Crippen LogP contribution in [0.4, 0.5) is 17.3 Å². The Morgan fingerprint density at radius 2 is 1.94 bits per heavy atom. The van der Waals surface area contributed by atoms with Crippen molar-refractivity contribution >= 4 is 12.4 Å². The molecular weight excluding hydrogens is 274 g/mol. The van der Waals surface area contributed by atoms with E-state index in [2.05, 4.69) is 6.58 Å². The fourth-order valence-electron chi connectivity index (χ4n) is 1.31. The van der Waals surface area contributed by atoms with Crippen LogP contribution in [-0.4, -0.2) is 13.6 Å². The van der Waals surface area contributed by atoms with Crippen molar-refractivity contribution in [2.75, 3.05) is 6.61 Å². The van der Waals surface area contributed by atoms with Crippen molar-refractivity contribution in [2.24, 2.45) is 0 Å². The van der Waals surface area contributed by atoms with Gasteiger partial charge in [0.05, 0.1) is 12.4 Å². The molecule has 18 heavy (non-hydrogen) atoms. The predicted molar refractivity (Wildman–Crippen MR) is 60.0 cm³/mol. The minimum Gasteiger partial charge on any atom is -0.496 e. The van der Waals surface area contributed by atoms with Gasteiger partial charge in [-0.3, -0.25) is 0 Å². The fraction of sp³-hybridized carbons (Fsp3) is 0.273. The van der Waals surface area contributed by atoms with Crippen molar-refractivity contribution in [3.05, 3.63) is 36.7 Å². The molecule has 0 aliphatic rings. The summed E-state index contributed by atoms with van der Waals surface area (Å²) in [6, 6.07) is 2.25. The van der Waals surface area contributed by atoms with Gasteiger partial charge in [-0.15, -0.1) is 6.58 Å². The third-order valence-corrected chi connectivity index (χ3v) is 2.14. The topological polar surface area (TPSA) is 9.23 Å². The van der Waals surface area contributed by atoms with Crippen LogP contribution in [0.15, 0.2) is 30.9 Å². The Kier molecular flexibility index (Phi) is 8.46. The first kappa shape index (κ1) is 18.2. The Hall–Kier alpha value is 0.181. The second-order valence-corrected chi connectivity index (χ2v) is 3.54. The maximum atomic E-state index is 12.9. The van der Waals surface area contributed by atoms with E-state index in [0.29, 0.717) is 18.9 Å². The number of benzene rings is 1. The third kappa shape index (κ3) is 5.88. The number of rotatable bonds is 6. The van der Waals surface area contributed by atoms with Crippen LogP contribution >= 0.6 is 0 Å². The van der Waals surface area contributed by atoms with E-state index in [-0.39, 0.29) is 58.0 Å². The maximum Gasteiger partial charge on any atom is 1.00 e. The van der Waals surface area contributed by atoms with Gasteiger partial charge in [0.1, 0.15) is 5.82 Å². The van der Waals surface area contributed by atoms with Gasteiger partial charge >= 0.3 is 58.4 Å².